The van der Waals surface area contributed by atoms with Crippen LogP contribution in [0.4, 0.5) is 23.1 Å². The van der Waals surface area contributed by atoms with Gasteiger partial charge in [0.25, 0.3) is 5.91 Å². The number of hydrogen-bond donors (Lipinski definition) is 4. The molecule has 13 heteroatoms. The van der Waals surface area contributed by atoms with Crippen LogP contribution in [0.3, 0.4) is 0 Å². The van der Waals surface area contributed by atoms with Crippen LogP contribution < -0.4 is 26.4 Å². The first-order chi connectivity index (χ1) is 18.0. The molecule has 3 aromatic heterocycles. The summed E-state index contributed by atoms with van der Waals surface area (Å²) in [6.07, 6.45) is 8.05. The van der Waals surface area contributed by atoms with Gasteiger partial charge in [0.15, 0.2) is 5.82 Å². The van der Waals surface area contributed by atoms with E-state index in [1.165, 1.54) is 6.33 Å². The van der Waals surface area contributed by atoms with E-state index < -0.39 is 0 Å². The molecular formula is C24H31N11O2. The number of pyridine rings is 1. The summed E-state index contributed by atoms with van der Waals surface area (Å²) < 4.78 is 5.57. The maximum Gasteiger partial charge on any atom is 0.252 e. The number of aryl methyl sites for hydroxylation is 1. The van der Waals surface area contributed by atoms with Gasteiger partial charge in [-0.3, -0.25) is 19.7 Å². The van der Waals surface area contributed by atoms with Crippen LogP contribution in [0.5, 0.6) is 0 Å². The summed E-state index contributed by atoms with van der Waals surface area (Å²) >= 11 is 0. The second kappa shape index (κ2) is 11.0. The molecule has 2 unspecified atom stereocenters. The predicted octanol–water partition coefficient (Wildman–Crippen LogP) is 1.23. The molecule has 2 aliphatic rings. The third-order valence-electron chi connectivity index (χ3n) is 6.25. The number of hydrogen-bond acceptors (Lipinski definition) is 12. The number of aromatic nitrogens is 5. The van der Waals surface area contributed by atoms with Gasteiger partial charge in [0.1, 0.15) is 12.5 Å². The Hall–Kier alpha value is -3.94. The quantitative estimate of drug-likeness (QED) is 0.349. The first-order valence-electron chi connectivity index (χ1n) is 12.2. The number of anilines is 4. The van der Waals surface area contributed by atoms with Crippen LogP contribution in [-0.2, 0) is 4.74 Å². The Morgan fingerprint density at radius 2 is 2.05 bits per heavy atom. The van der Waals surface area contributed by atoms with E-state index in [9.17, 15) is 4.79 Å². The topological polar surface area (TPSA) is 145 Å². The molecule has 2 aliphatic heterocycles. The largest absolute Gasteiger partial charge is 0.376 e. The van der Waals surface area contributed by atoms with E-state index in [4.69, 9.17) is 4.74 Å². The van der Waals surface area contributed by atoms with Crippen molar-refractivity contribution in [1.29, 1.82) is 0 Å². The molecular weight excluding hydrogens is 474 g/mol. The zero-order chi connectivity index (χ0) is 25.8. The van der Waals surface area contributed by atoms with Crippen molar-refractivity contribution >= 4 is 29.0 Å². The van der Waals surface area contributed by atoms with Gasteiger partial charge in [-0.25, -0.2) is 20.4 Å². The summed E-state index contributed by atoms with van der Waals surface area (Å²) in [6, 6.07) is 1.82. The van der Waals surface area contributed by atoms with Gasteiger partial charge in [-0.2, -0.15) is 4.98 Å². The van der Waals surface area contributed by atoms with Crippen molar-refractivity contribution in [3.05, 3.63) is 54.0 Å². The third-order valence-corrected chi connectivity index (χ3v) is 6.25. The molecule has 13 nitrogen and oxygen atoms in total. The molecule has 5 rings (SSSR count). The first-order valence-corrected chi connectivity index (χ1v) is 12.2. The fraction of sp³-hybridized carbons (Fsp3) is 0.417. The van der Waals surface area contributed by atoms with E-state index in [0.29, 0.717) is 23.7 Å². The monoisotopic (exact) mass is 505 g/mol. The molecule has 0 saturated carbocycles. The normalized spacial score (nSPS) is 19.4. The standard InChI is InChI=1S/C24H31N11O2/c1-15-13-35(6-7-37-15)5-4-27-23(36)17-8-20(16(2)28-9-17)31-21-19-12-29-24(32-22(19)34(3)33-21)30-18-10-25-14-26-11-18/h8-12,14-15,21,31,33H,4-7,13H2,1-3H3,(H,27,36)(H,29,30,32). The summed E-state index contributed by atoms with van der Waals surface area (Å²) in [5, 5.41) is 11.4. The highest BCUT2D eigenvalue weighted by atomic mass is 16.5. The van der Waals surface area contributed by atoms with Crippen LogP contribution >= 0.6 is 0 Å². The van der Waals surface area contributed by atoms with Crippen molar-refractivity contribution in [3.63, 3.8) is 0 Å². The molecule has 5 heterocycles. The van der Waals surface area contributed by atoms with Crippen molar-refractivity contribution < 1.29 is 9.53 Å². The van der Waals surface area contributed by atoms with Gasteiger partial charge >= 0.3 is 0 Å². The SMILES string of the molecule is Cc1ncc(C(=O)NCCN2CCOC(C)C2)cc1NC1NN(C)c2nc(Nc3cncnc3)ncc21. The summed E-state index contributed by atoms with van der Waals surface area (Å²) in [5.41, 5.74) is 6.92. The molecule has 0 aromatic carbocycles. The number of carbonyl (C=O) groups is 1. The summed E-state index contributed by atoms with van der Waals surface area (Å²) in [6.45, 7) is 7.79. The second-order valence-electron chi connectivity index (χ2n) is 9.09. The van der Waals surface area contributed by atoms with Crippen LogP contribution in [0.25, 0.3) is 0 Å². The molecule has 1 fully saturated rings. The molecule has 4 N–H and O–H groups in total. The Labute approximate surface area is 215 Å². The zero-order valence-electron chi connectivity index (χ0n) is 21.1. The molecule has 1 amide bonds. The number of morpholine rings is 1. The van der Waals surface area contributed by atoms with Crippen molar-refractivity contribution in [1.82, 2.24) is 40.6 Å². The van der Waals surface area contributed by atoms with E-state index in [2.05, 4.69) is 58.1 Å². The Bertz CT molecular complexity index is 1240. The minimum atomic E-state index is -0.295. The van der Waals surface area contributed by atoms with Crippen molar-refractivity contribution in [2.75, 3.05) is 55.5 Å². The molecule has 3 aromatic rings. The van der Waals surface area contributed by atoms with Crippen LogP contribution in [0.1, 0.15) is 34.7 Å². The second-order valence-corrected chi connectivity index (χ2v) is 9.09. The van der Waals surface area contributed by atoms with Gasteiger partial charge in [0.05, 0.1) is 53.3 Å². The number of ether oxygens (including phenoxy) is 1. The van der Waals surface area contributed by atoms with Crippen molar-refractivity contribution in [2.24, 2.45) is 0 Å². The number of hydrazine groups is 1. The molecule has 2 atom stereocenters. The number of amides is 1. The summed E-state index contributed by atoms with van der Waals surface area (Å²) in [5.74, 6) is 1.01. The highest BCUT2D eigenvalue weighted by Gasteiger charge is 2.29. The lowest BCUT2D eigenvalue weighted by atomic mass is 10.2. The van der Waals surface area contributed by atoms with Gasteiger partial charge in [0.2, 0.25) is 5.95 Å². The molecule has 0 spiro atoms. The van der Waals surface area contributed by atoms with Gasteiger partial charge < -0.3 is 20.7 Å². The fourth-order valence-electron chi connectivity index (χ4n) is 4.32. The highest BCUT2D eigenvalue weighted by molar-refractivity contribution is 5.94. The van der Waals surface area contributed by atoms with Crippen LogP contribution in [0, 0.1) is 6.92 Å². The summed E-state index contributed by atoms with van der Waals surface area (Å²) in [7, 11) is 1.88. The van der Waals surface area contributed by atoms with E-state index in [-0.39, 0.29) is 18.2 Å². The number of fused-ring (bicyclic) bond motifs is 1. The smallest absolute Gasteiger partial charge is 0.252 e. The lowest BCUT2D eigenvalue weighted by Crippen LogP contribution is -2.44. The molecule has 0 bridgehead atoms. The van der Waals surface area contributed by atoms with E-state index in [1.807, 2.05) is 25.0 Å². The van der Waals surface area contributed by atoms with Gasteiger partial charge in [-0.05, 0) is 19.9 Å². The summed E-state index contributed by atoms with van der Waals surface area (Å²) in [4.78, 5) is 36.6. The predicted molar refractivity (Wildman–Crippen MR) is 138 cm³/mol. The number of nitrogens with zero attached hydrogens (tertiary/aromatic N) is 7. The van der Waals surface area contributed by atoms with E-state index in [0.717, 1.165) is 49.0 Å². The highest BCUT2D eigenvalue weighted by Crippen LogP contribution is 2.32. The van der Waals surface area contributed by atoms with Crippen LogP contribution in [0.2, 0.25) is 0 Å². The minimum absolute atomic E-state index is 0.155. The molecule has 0 radical (unpaired) electrons. The molecule has 37 heavy (non-hydrogen) atoms. The number of rotatable bonds is 8. The van der Waals surface area contributed by atoms with E-state index in [1.54, 1.807) is 24.8 Å². The average Bonchev–Trinajstić information content (AvgIpc) is 3.20. The van der Waals surface area contributed by atoms with Gasteiger partial charge in [-0.1, -0.05) is 0 Å². The minimum Gasteiger partial charge on any atom is -0.376 e. The Balaban J connectivity index is 1.23. The Morgan fingerprint density at radius 1 is 1.22 bits per heavy atom. The maximum absolute atomic E-state index is 12.8. The third kappa shape index (κ3) is 5.90. The molecule has 0 aliphatic carbocycles. The first kappa shape index (κ1) is 24.7. The lowest BCUT2D eigenvalue weighted by Gasteiger charge is -2.30. The van der Waals surface area contributed by atoms with Gasteiger partial charge in [0, 0.05) is 45.6 Å². The molecule has 1 saturated heterocycles. The van der Waals surface area contributed by atoms with Crippen molar-refractivity contribution in [2.45, 2.75) is 26.1 Å². The maximum atomic E-state index is 12.8. The van der Waals surface area contributed by atoms with Crippen molar-refractivity contribution in [3.8, 4) is 0 Å². The fourth-order valence-corrected chi connectivity index (χ4v) is 4.32. The number of nitrogens with one attached hydrogen (secondary N) is 4. The number of carbonyl (C=O) groups excluding carboxylic acids is 1. The zero-order valence-corrected chi connectivity index (χ0v) is 21.1. The average molecular weight is 506 g/mol. The Kier molecular flexibility index (Phi) is 7.35. The Morgan fingerprint density at radius 3 is 2.86 bits per heavy atom. The van der Waals surface area contributed by atoms with Gasteiger partial charge in [-0.15, -0.1) is 0 Å². The lowest BCUT2D eigenvalue weighted by molar-refractivity contribution is -0.0175. The van der Waals surface area contributed by atoms with E-state index >= 15 is 0 Å². The van der Waals surface area contributed by atoms with Crippen LogP contribution in [0.15, 0.2) is 37.2 Å². The van der Waals surface area contributed by atoms with Crippen LogP contribution in [-0.4, -0.2) is 81.7 Å². The molecule has 194 valence electrons.